The van der Waals surface area contributed by atoms with Gasteiger partial charge in [-0.25, -0.2) is 0 Å². The average Bonchev–Trinajstić information content (AvgIpc) is 2.28. The largest absolute Gasteiger partial charge is 0.310 e. The molecule has 0 bridgehead atoms. The molecule has 1 unspecified atom stereocenters. The zero-order valence-corrected chi connectivity index (χ0v) is 12.6. The number of hydrogen-bond donors (Lipinski definition) is 1. The number of allylic oxidation sites excluding steroid dienone is 1. The highest BCUT2D eigenvalue weighted by molar-refractivity contribution is 9.10. The van der Waals surface area contributed by atoms with Gasteiger partial charge >= 0.3 is 0 Å². The van der Waals surface area contributed by atoms with Crippen LogP contribution in [0.2, 0.25) is 0 Å². The van der Waals surface area contributed by atoms with Crippen molar-refractivity contribution in [2.75, 3.05) is 6.54 Å². The molecule has 0 spiro atoms. The van der Waals surface area contributed by atoms with Gasteiger partial charge in [0.15, 0.2) is 0 Å². The van der Waals surface area contributed by atoms with E-state index in [1.807, 2.05) is 0 Å². The van der Waals surface area contributed by atoms with Crippen LogP contribution >= 0.6 is 15.9 Å². The van der Waals surface area contributed by atoms with Crippen molar-refractivity contribution >= 4 is 15.9 Å². The molecule has 0 saturated heterocycles. The van der Waals surface area contributed by atoms with Gasteiger partial charge in [0.2, 0.25) is 0 Å². The first-order valence-corrected chi connectivity index (χ1v) is 6.98. The van der Waals surface area contributed by atoms with Crippen molar-refractivity contribution in [3.05, 3.63) is 46.0 Å². The van der Waals surface area contributed by atoms with Crippen LogP contribution in [0.5, 0.6) is 0 Å². The van der Waals surface area contributed by atoms with E-state index in [1.165, 1.54) is 21.2 Å². The third-order valence-electron chi connectivity index (χ3n) is 3.00. The predicted molar refractivity (Wildman–Crippen MR) is 79.3 cm³/mol. The summed E-state index contributed by atoms with van der Waals surface area (Å²) in [6, 6.07) is 6.85. The molecular formula is C15H22BrN. The second-order valence-electron chi connectivity index (χ2n) is 4.56. The highest BCUT2D eigenvalue weighted by Crippen LogP contribution is 2.27. The molecule has 0 fully saturated rings. The molecule has 1 nitrogen and oxygen atoms in total. The van der Waals surface area contributed by atoms with E-state index in [0.717, 1.165) is 19.4 Å². The topological polar surface area (TPSA) is 12.0 Å². The van der Waals surface area contributed by atoms with Crippen LogP contribution in [0.25, 0.3) is 0 Å². The summed E-state index contributed by atoms with van der Waals surface area (Å²) in [4.78, 5) is 0. The smallest absolute Gasteiger partial charge is 0.0326 e. The van der Waals surface area contributed by atoms with Crippen LogP contribution in [-0.4, -0.2) is 6.54 Å². The Morgan fingerprint density at radius 3 is 2.76 bits per heavy atom. The summed E-state index contributed by atoms with van der Waals surface area (Å²) in [5, 5.41) is 3.56. The summed E-state index contributed by atoms with van der Waals surface area (Å²) < 4.78 is 1.19. The average molecular weight is 296 g/mol. The Labute approximate surface area is 113 Å². The lowest BCUT2D eigenvalue weighted by atomic mass is 9.96. The molecule has 0 aliphatic heterocycles. The van der Waals surface area contributed by atoms with Crippen LogP contribution in [-0.2, 0) is 0 Å². The molecule has 0 aliphatic carbocycles. The second-order valence-corrected chi connectivity index (χ2v) is 5.41. The van der Waals surface area contributed by atoms with E-state index in [-0.39, 0.29) is 0 Å². The van der Waals surface area contributed by atoms with Crippen LogP contribution in [0.4, 0.5) is 0 Å². The Balaban J connectivity index is 2.88. The van der Waals surface area contributed by atoms with E-state index >= 15 is 0 Å². The number of halogens is 1. The molecule has 0 radical (unpaired) electrons. The lowest BCUT2D eigenvalue weighted by Gasteiger charge is -2.21. The highest BCUT2D eigenvalue weighted by atomic mass is 79.9. The van der Waals surface area contributed by atoms with Crippen molar-refractivity contribution in [2.45, 2.75) is 39.7 Å². The summed E-state index contributed by atoms with van der Waals surface area (Å²) in [5.41, 5.74) is 3.98. The first-order valence-electron chi connectivity index (χ1n) is 6.19. The van der Waals surface area contributed by atoms with E-state index < -0.39 is 0 Å². The fraction of sp³-hybridized carbons (Fsp3) is 0.467. The number of nitrogens with one attached hydrogen (secondary N) is 1. The summed E-state index contributed by atoms with van der Waals surface area (Å²) >= 11 is 3.60. The van der Waals surface area contributed by atoms with Gasteiger partial charge in [-0.2, -0.15) is 0 Å². The van der Waals surface area contributed by atoms with Gasteiger partial charge in [-0.3, -0.25) is 0 Å². The second kappa shape index (κ2) is 6.97. The zero-order valence-electron chi connectivity index (χ0n) is 11.0. The molecule has 0 amide bonds. The van der Waals surface area contributed by atoms with Gasteiger partial charge in [0.25, 0.3) is 0 Å². The van der Waals surface area contributed by atoms with Crippen LogP contribution in [0.1, 0.15) is 43.9 Å². The van der Waals surface area contributed by atoms with Gasteiger partial charge in [0.1, 0.15) is 0 Å². The van der Waals surface area contributed by atoms with E-state index in [4.69, 9.17) is 0 Å². The van der Waals surface area contributed by atoms with E-state index in [0.29, 0.717) is 6.04 Å². The van der Waals surface area contributed by atoms with Crippen molar-refractivity contribution < 1.29 is 0 Å². The summed E-state index contributed by atoms with van der Waals surface area (Å²) in [5.74, 6) is 0. The molecule has 0 aromatic heterocycles. The maximum absolute atomic E-state index is 3.98. The minimum Gasteiger partial charge on any atom is -0.310 e. The maximum Gasteiger partial charge on any atom is 0.0326 e. The molecule has 2 heteroatoms. The molecule has 1 atom stereocenters. The minimum atomic E-state index is 0.425. The van der Waals surface area contributed by atoms with Gasteiger partial charge < -0.3 is 5.32 Å². The van der Waals surface area contributed by atoms with Gasteiger partial charge in [0.05, 0.1) is 0 Å². The van der Waals surface area contributed by atoms with Gasteiger partial charge in [-0.15, -0.1) is 6.58 Å². The molecule has 0 saturated carbocycles. The fourth-order valence-electron chi connectivity index (χ4n) is 2.01. The standard InChI is InChI=1S/C15H22BrN/c1-5-17-15(10-9-11(2)3)13-7-6-8-14(16)12(13)4/h6-8,15,17H,2,5,9-10H2,1,3-4H3. The molecule has 1 aromatic carbocycles. The minimum absolute atomic E-state index is 0.425. The normalized spacial score (nSPS) is 12.5. The third-order valence-corrected chi connectivity index (χ3v) is 3.85. The van der Waals surface area contributed by atoms with Crippen LogP contribution in [0.15, 0.2) is 34.8 Å². The van der Waals surface area contributed by atoms with Crippen LogP contribution in [0.3, 0.4) is 0 Å². The molecule has 1 rings (SSSR count). The SMILES string of the molecule is C=C(C)CCC(NCC)c1cccc(Br)c1C. The first kappa shape index (κ1) is 14.5. The van der Waals surface area contributed by atoms with Crippen LogP contribution in [0, 0.1) is 6.92 Å². The fourth-order valence-corrected chi connectivity index (χ4v) is 2.39. The molecule has 0 aliphatic rings. The molecule has 0 heterocycles. The van der Waals surface area contributed by atoms with Crippen LogP contribution < -0.4 is 5.32 Å². The van der Waals surface area contributed by atoms with Crippen molar-refractivity contribution in [2.24, 2.45) is 0 Å². The molecular weight excluding hydrogens is 274 g/mol. The maximum atomic E-state index is 3.98. The number of hydrogen-bond acceptors (Lipinski definition) is 1. The monoisotopic (exact) mass is 295 g/mol. The first-order chi connectivity index (χ1) is 8.06. The summed E-state index contributed by atoms with van der Waals surface area (Å²) in [6.45, 7) is 11.4. The Bertz CT molecular complexity index is 385. The van der Waals surface area contributed by atoms with E-state index in [9.17, 15) is 0 Å². The van der Waals surface area contributed by atoms with Gasteiger partial charge in [0, 0.05) is 10.5 Å². The molecule has 17 heavy (non-hydrogen) atoms. The van der Waals surface area contributed by atoms with E-state index in [2.05, 4.69) is 66.8 Å². The summed E-state index contributed by atoms with van der Waals surface area (Å²) in [6.07, 6.45) is 2.18. The molecule has 94 valence electrons. The van der Waals surface area contributed by atoms with Crippen molar-refractivity contribution in [1.29, 1.82) is 0 Å². The third kappa shape index (κ3) is 4.29. The number of benzene rings is 1. The van der Waals surface area contributed by atoms with Gasteiger partial charge in [-0.1, -0.05) is 40.6 Å². The zero-order chi connectivity index (χ0) is 12.8. The van der Waals surface area contributed by atoms with Crippen molar-refractivity contribution in [3.63, 3.8) is 0 Å². The quantitative estimate of drug-likeness (QED) is 0.746. The lowest BCUT2D eigenvalue weighted by Crippen LogP contribution is -2.21. The molecule has 1 N–H and O–H groups in total. The predicted octanol–water partition coefficient (Wildman–Crippen LogP) is 4.76. The highest BCUT2D eigenvalue weighted by Gasteiger charge is 2.13. The Hall–Kier alpha value is -0.600. The molecule has 1 aromatic rings. The summed E-state index contributed by atoms with van der Waals surface area (Å²) in [7, 11) is 0. The van der Waals surface area contributed by atoms with Crippen molar-refractivity contribution in [3.8, 4) is 0 Å². The lowest BCUT2D eigenvalue weighted by molar-refractivity contribution is 0.512. The Morgan fingerprint density at radius 2 is 2.18 bits per heavy atom. The van der Waals surface area contributed by atoms with Gasteiger partial charge in [-0.05, 0) is 50.4 Å². The van der Waals surface area contributed by atoms with E-state index in [1.54, 1.807) is 0 Å². The van der Waals surface area contributed by atoms with Crippen molar-refractivity contribution in [1.82, 2.24) is 5.32 Å². The Kier molecular flexibility index (Phi) is 5.93. The Morgan fingerprint density at radius 1 is 1.47 bits per heavy atom. The number of rotatable bonds is 6.